The Kier molecular flexibility index (Phi) is 3.10. The third-order valence-corrected chi connectivity index (χ3v) is 5.59. The molecule has 3 aliphatic rings. The van der Waals surface area contributed by atoms with Crippen molar-refractivity contribution in [2.45, 2.75) is 50.6 Å². The molecule has 0 aromatic carbocycles. The minimum Gasteiger partial charge on any atom is -0.341 e. The number of fused-ring (bicyclic) bond motifs is 2. The summed E-state index contributed by atoms with van der Waals surface area (Å²) in [4.78, 5) is 17.3. The van der Waals surface area contributed by atoms with Gasteiger partial charge in [-0.25, -0.2) is 0 Å². The summed E-state index contributed by atoms with van der Waals surface area (Å²) in [5.41, 5.74) is 5.67. The first kappa shape index (κ1) is 12.4. The van der Waals surface area contributed by atoms with Crippen LogP contribution in [0, 0.1) is 5.41 Å². The number of hydrogen-bond acceptors (Lipinski definition) is 3. The van der Waals surface area contributed by atoms with Gasteiger partial charge in [-0.05, 0) is 39.2 Å². The maximum Gasteiger partial charge on any atom is 0.230 e. The van der Waals surface area contributed by atoms with Gasteiger partial charge in [-0.3, -0.25) is 9.69 Å². The largest absolute Gasteiger partial charge is 0.341 e. The molecular formula is C14H25N3O. The van der Waals surface area contributed by atoms with Crippen LogP contribution < -0.4 is 5.73 Å². The van der Waals surface area contributed by atoms with Crippen LogP contribution >= 0.6 is 0 Å². The van der Waals surface area contributed by atoms with Gasteiger partial charge in [-0.2, -0.15) is 0 Å². The Morgan fingerprint density at radius 3 is 2.61 bits per heavy atom. The van der Waals surface area contributed by atoms with Crippen molar-refractivity contribution in [3.63, 3.8) is 0 Å². The Bertz CT molecular complexity index is 334. The number of amides is 1. The molecular weight excluding hydrogens is 226 g/mol. The lowest BCUT2D eigenvalue weighted by atomic mass is 9.67. The molecule has 0 spiro atoms. The molecule has 4 heteroatoms. The van der Waals surface area contributed by atoms with E-state index in [-0.39, 0.29) is 5.41 Å². The van der Waals surface area contributed by atoms with E-state index in [0.29, 0.717) is 24.5 Å². The Hall–Kier alpha value is -0.610. The van der Waals surface area contributed by atoms with Gasteiger partial charge in [0.25, 0.3) is 0 Å². The zero-order valence-corrected chi connectivity index (χ0v) is 11.4. The molecule has 0 aromatic rings. The van der Waals surface area contributed by atoms with E-state index in [1.165, 1.54) is 19.3 Å². The predicted molar refractivity (Wildman–Crippen MR) is 71.1 cm³/mol. The third-order valence-electron chi connectivity index (χ3n) is 5.59. The number of carbonyl (C=O) groups excluding carboxylic acids is 1. The van der Waals surface area contributed by atoms with Crippen molar-refractivity contribution in [1.29, 1.82) is 0 Å². The SMILES string of the molecule is CN1C2CCC1CN(C(=O)C1(CN)CCC1)CC2. The molecule has 1 amide bonds. The summed E-state index contributed by atoms with van der Waals surface area (Å²) in [7, 11) is 2.22. The fourth-order valence-electron chi connectivity index (χ4n) is 3.94. The maximum absolute atomic E-state index is 12.7. The third kappa shape index (κ3) is 1.77. The summed E-state index contributed by atoms with van der Waals surface area (Å²) >= 11 is 0. The topological polar surface area (TPSA) is 49.6 Å². The first-order chi connectivity index (χ1) is 8.66. The summed E-state index contributed by atoms with van der Waals surface area (Å²) in [6, 6.07) is 1.28. The summed E-state index contributed by atoms with van der Waals surface area (Å²) in [5, 5.41) is 0. The van der Waals surface area contributed by atoms with E-state index in [2.05, 4.69) is 16.8 Å². The first-order valence-corrected chi connectivity index (χ1v) is 7.38. The zero-order valence-electron chi connectivity index (χ0n) is 11.4. The number of nitrogens with two attached hydrogens (primary N) is 1. The van der Waals surface area contributed by atoms with E-state index >= 15 is 0 Å². The van der Waals surface area contributed by atoms with Crippen molar-refractivity contribution in [1.82, 2.24) is 9.80 Å². The van der Waals surface area contributed by atoms with Crippen LogP contribution in [0.1, 0.15) is 38.5 Å². The number of likely N-dealkylation sites (N-methyl/N-ethyl adjacent to an activating group) is 1. The highest BCUT2D eigenvalue weighted by molar-refractivity contribution is 5.84. The number of carbonyl (C=O) groups is 1. The lowest BCUT2D eigenvalue weighted by molar-refractivity contribution is -0.147. The highest BCUT2D eigenvalue weighted by Gasteiger charge is 2.47. The molecule has 2 aliphatic heterocycles. The van der Waals surface area contributed by atoms with E-state index in [1.54, 1.807) is 0 Å². The molecule has 3 rings (SSSR count). The van der Waals surface area contributed by atoms with Crippen LogP contribution in [0.2, 0.25) is 0 Å². The van der Waals surface area contributed by atoms with E-state index in [9.17, 15) is 4.79 Å². The van der Waals surface area contributed by atoms with Gasteiger partial charge in [0, 0.05) is 31.7 Å². The smallest absolute Gasteiger partial charge is 0.230 e. The van der Waals surface area contributed by atoms with Crippen LogP contribution in [-0.2, 0) is 4.79 Å². The van der Waals surface area contributed by atoms with Gasteiger partial charge in [0.15, 0.2) is 0 Å². The van der Waals surface area contributed by atoms with Crippen molar-refractivity contribution in [3.05, 3.63) is 0 Å². The number of hydrogen-bond donors (Lipinski definition) is 1. The Balaban J connectivity index is 1.71. The molecule has 2 unspecified atom stereocenters. The van der Waals surface area contributed by atoms with Crippen LogP contribution in [0.3, 0.4) is 0 Å². The molecule has 0 aromatic heterocycles. The fourth-order valence-corrected chi connectivity index (χ4v) is 3.94. The van der Waals surface area contributed by atoms with Gasteiger partial charge in [0.2, 0.25) is 5.91 Å². The number of nitrogens with zero attached hydrogens (tertiary/aromatic N) is 2. The average Bonchev–Trinajstić information content (AvgIpc) is 2.52. The van der Waals surface area contributed by atoms with Gasteiger partial charge in [0.05, 0.1) is 5.41 Å². The van der Waals surface area contributed by atoms with Crippen molar-refractivity contribution >= 4 is 5.91 Å². The van der Waals surface area contributed by atoms with Gasteiger partial charge in [-0.15, -0.1) is 0 Å². The minimum atomic E-state index is -0.192. The average molecular weight is 251 g/mol. The number of rotatable bonds is 2. The molecule has 1 saturated carbocycles. The van der Waals surface area contributed by atoms with Crippen LogP contribution in [0.4, 0.5) is 0 Å². The molecule has 2 atom stereocenters. The zero-order chi connectivity index (χ0) is 12.8. The van der Waals surface area contributed by atoms with E-state index < -0.39 is 0 Å². The van der Waals surface area contributed by atoms with Gasteiger partial charge in [-0.1, -0.05) is 6.42 Å². The first-order valence-electron chi connectivity index (χ1n) is 7.38. The molecule has 0 radical (unpaired) electrons. The number of likely N-dealkylation sites (tertiary alicyclic amines) is 1. The van der Waals surface area contributed by atoms with Crippen LogP contribution in [0.5, 0.6) is 0 Å². The van der Waals surface area contributed by atoms with Crippen LogP contribution in [-0.4, -0.2) is 54.5 Å². The van der Waals surface area contributed by atoms with E-state index in [4.69, 9.17) is 5.73 Å². The molecule has 18 heavy (non-hydrogen) atoms. The monoisotopic (exact) mass is 251 g/mol. The summed E-state index contributed by atoms with van der Waals surface area (Å²) < 4.78 is 0. The summed E-state index contributed by atoms with van der Waals surface area (Å²) in [6.45, 7) is 2.39. The van der Waals surface area contributed by atoms with Crippen molar-refractivity contribution < 1.29 is 4.79 Å². The molecule has 4 nitrogen and oxygen atoms in total. The Morgan fingerprint density at radius 2 is 2.00 bits per heavy atom. The molecule has 3 fully saturated rings. The van der Waals surface area contributed by atoms with E-state index in [0.717, 1.165) is 32.4 Å². The highest BCUT2D eigenvalue weighted by Crippen LogP contribution is 2.42. The van der Waals surface area contributed by atoms with Gasteiger partial charge >= 0.3 is 0 Å². The maximum atomic E-state index is 12.7. The van der Waals surface area contributed by atoms with Gasteiger partial charge < -0.3 is 10.6 Å². The second-order valence-electron chi connectivity index (χ2n) is 6.43. The van der Waals surface area contributed by atoms with Crippen molar-refractivity contribution in [2.75, 3.05) is 26.7 Å². The van der Waals surface area contributed by atoms with Crippen LogP contribution in [0.25, 0.3) is 0 Å². The lowest BCUT2D eigenvalue weighted by Crippen LogP contribution is -2.53. The second-order valence-corrected chi connectivity index (χ2v) is 6.43. The Labute approximate surface area is 109 Å². The molecule has 2 N–H and O–H groups in total. The molecule has 102 valence electrons. The van der Waals surface area contributed by atoms with Crippen LogP contribution in [0.15, 0.2) is 0 Å². The summed E-state index contributed by atoms with van der Waals surface area (Å²) in [5.74, 6) is 0.345. The fraction of sp³-hybridized carbons (Fsp3) is 0.929. The molecule has 2 heterocycles. The molecule has 1 aliphatic carbocycles. The molecule has 2 saturated heterocycles. The predicted octanol–water partition coefficient (Wildman–Crippen LogP) is 0.811. The summed E-state index contributed by atoms with van der Waals surface area (Å²) in [6.07, 6.45) is 6.87. The van der Waals surface area contributed by atoms with Gasteiger partial charge in [0.1, 0.15) is 0 Å². The van der Waals surface area contributed by atoms with Crippen molar-refractivity contribution in [3.8, 4) is 0 Å². The highest BCUT2D eigenvalue weighted by atomic mass is 16.2. The lowest BCUT2D eigenvalue weighted by Gasteiger charge is -2.43. The second kappa shape index (κ2) is 4.49. The minimum absolute atomic E-state index is 0.192. The van der Waals surface area contributed by atoms with Crippen molar-refractivity contribution in [2.24, 2.45) is 11.1 Å². The molecule has 2 bridgehead atoms. The van der Waals surface area contributed by atoms with E-state index in [1.807, 2.05) is 0 Å². The quantitative estimate of drug-likeness (QED) is 0.790. The Morgan fingerprint density at radius 1 is 1.28 bits per heavy atom. The normalized spacial score (nSPS) is 35.1. The standard InChI is InChI=1S/C14H25N3O/c1-16-11-3-4-12(16)9-17(8-5-11)13(18)14(10-15)6-2-7-14/h11-12H,2-10,15H2,1H3.